The van der Waals surface area contributed by atoms with Crippen molar-refractivity contribution in [3.63, 3.8) is 0 Å². The van der Waals surface area contributed by atoms with Gasteiger partial charge in [0, 0.05) is 23.4 Å². The van der Waals surface area contributed by atoms with Gasteiger partial charge in [-0.05, 0) is 12.1 Å². The van der Waals surface area contributed by atoms with E-state index in [0.717, 1.165) is 12.1 Å². The number of aryl methyl sites for hydroxylation is 1. The first-order chi connectivity index (χ1) is 8.56. The van der Waals surface area contributed by atoms with Crippen LogP contribution in [0.3, 0.4) is 0 Å². The van der Waals surface area contributed by atoms with Gasteiger partial charge in [-0.3, -0.25) is 4.79 Å². The van der Waals surface area contributed by atoms with Crippen LogP contribution in [0, 0.1) is 11.6 Å². The Hall–Kier alpha value is -1.82. The molecule has 0 atom stereocenters. The zero-order valence-electron chi connectivity index (χ0n) is 9.19. The second kappa shape index (κ2) is 5.22. The number of hydrogen-bond acceptors (Lipinski definition) is 3. The molecule has 0 spiro atoms. The van der Waals surface area contributed by atoms with Gasteiger partial charge in [-0.2, -0.15) is 0 Å². The quantitative estimate of drug-likeness (QED) is 0.927. The molecule has 0 saturated carbocycles. The Kier molecular flexibility index (Phi) is 3.66. The van der Waals surface area contributed by atoms with Gasteiger partial charge < -0.3 is 5.11 Å². The van der Waals surface area contributed by atoms with Crippen LogP contribution in [0.25, 0.3) is 10.6 Å². The van der Waals surface area contributed by atoms with Gasteiger partial charge in [-0.15, -0.1) is 11.3 Å². The topological polar surface area (TPSA) is 50.2 Å². The van der Waals surface area contributed by atoms with Crippen LogP contribution in [0.4, 0.5) is 8.78 Å². The minimum atomic E-state index is -0.905. The summed E-state index contributed by atoms with van der Waals surface area (Å²) in [5.74, 6) is -2.22. The molecule has 0 unspecified atom stereocenters. The Morgan fingerprint density at radius 2 is 2.17 bits per heavy atom. The largest absolute Gasteiger partial charge is 0.481 e. The summed E-state index contributed by atoms with van der Waals surface area (Å²) in [5, 5.41) is 10.7. The molecule has 18 heavy (non-hydrogen) atoms. The van der Waals surface area contributed by atoms with E-state index in [2.05, 4.69) is 4.98 Å². The van der Waals surface area contributed by atoms with Crippen LogP contribution in [-0.2, 0) is 11.2 Å². The van der Waals surface area contributed by atoms with Crippen LogP contribution in [-0.4, -0.2) is 16.1 Å². The predicted molar refractivity (Wildman–Crippen MR) is 63.4 cm³/mol. The van der Waals surface area contributed by atoms with E-state index in [1.807, 2.05) is 0 Å². The fourth-order valence-electron chi connectivity index (χ4n) is 1.44. The summed E-state index contributed by atoms with van der Waals surface area (Å²) < 4.78 is 26.2. The molecule has 0 aliphatic heterocycles. The molecule has 0 aliphatic carbocycles. The molecule has 94 valence electrons. The molecule has 1 aromatic carbocycles. The van der Waals surface area contributed by atoms with Crippen molar-refractivity contribution < 1.29 is 18.7 Å². The number of carbonyl (C=O) groups is 1. The molecular formula is C12H9F2NO2S. The average Bonchev–Trinajstić information content (AvgIpc) is 2.75. The lowest BCUT2D eigenvalue weighted by Gasteiger charge is -1.98. The number of halogens is 2. The fraction of sp³-hybridized carbons (Fsp3) is 0.167. The van der Waals surface area contributed by atoms with E-state index in [4.69, 9.17) is 5.11 Å². The third-order valence-corrected chi connectivity index (χ3v) is 3.23. The van der Waals surface area contributed by atoms with Gasteiger partial charge >= 0.3 is 5.97 Å². The summed E-state index contributed by atoms with van der Waals surface area (Å²) in [6, 6.07) is 3.29. The van der Waals surface area contributed by atoms with E-state index in [9.17, 15) is 13.6 Å². The minimum absolute atomic E-state index is 0.0188. The normalized spacial score (nSPS) is 10.6. The number of thiazole rings is 1. The summed E-state index contributed by atoms with van der Waals surface area (Å²) in [6.07, 6.45) is 0.281. The molecule has 6 heteroatoms. The second-order valence-electron chi connectivity index (χ2n) is 3.66. The molecule has 0 amide bonds. The fourth-order valence-corrected chi connectivity index (χ4v) is 2.32. The first-order valence-corrected chi connectivity index (χ1v) is 6.06. The molecule has 0 aliphatic rings. The van der Waals surface area contributed by atoms with Crippen LogP contribution < -0.4 is 0 Å². The van der Waals surface area contributed by atoms with Crippen molar-refractivity contribution in [1.82, 2.24) is 4.98 Å². The van der Waals surface area contributed by atoms with E-state index in [1.165, 1.54) is 17.4 Å². The highest BCUT2D eigenvalue weighted by Crippen LogP contribution is 2.27. The minimum Gasteiger partial charge on any atom is -0.481 e. The van der Waals surface area contributed by atoms with Crippen molar-refractivity contribution in [2.45, 2.75) is 12.8 Å². The number of carboxylic acids is 1. The Morgan fingerprint density at radius 3 is 2.83 bits per heavy atom. The second-order valence-corrected chi connectivity index (χ2v) is 4.52. The van der Waals surface area contributed by atoms with Gasteiger partial charge in [0.1, 0.15) is 16.6 Å². The van der Waals surface area contributed by atoms with Crippen LogP contribution >= 0.6 is 11.3 Å². The molecular weight excluding hydrogens is 260 g/mol. The number of hydrogen-bond donors (Lipinski definition) is 1. The average molecular weight is 269 g/mol. The van der Waals surface area contributed by atoms with Gasteiger partial charge in [0.05, 0.1) is 12.1 Å². The monoisotopic (exact) mass is 269 g/mol. The molecule has 3 nitrogen and oxygen atoms in total. The van der Waals surface area contributed by atoms with Gasteiger partial charge in [0.2, 0.25) is 0 Å². The lowest BCUT2D eigenvalue weighted by molar-refractivity contribution is -0.136. The molecule has 1 aromatic heterocycles. The standard InChI is InChI=1S/C12H9F2NO2S/c13-7-1-3-9(10(14)5-7)12-15-8(6-18-12)2-4-11(16)17/h1,3,5-6H,2,4H2,(H,16,17). The number of carboxylic acid groups (broad SMARTS) is 1. The number of aromatic nitrogens is 1. The van der Waals surface area contributed by atoms with E-state index < -0.39 is 17.6 Å². The van der Waals surface area contributed by atoms with Gasteiger partial charge in [-0.25, -0.2) is 13.8 Å². The SMILES string of the molecule is O=C(O)CCc1csc(-c2ccc(F)cc2F)n1. The summed E-state index contributed by atoms with van der Waals surface area (Å²) in [4.78, 5) is 14.6. The van der Waals surface area contributed by atoms with Crippen molar-refractivity contribution >= 4 is 17.3 Å². The predicted octanol–water partition coefficient (Wildman–Crippen LogP) is 3.11. The van der Waals surface area contributed by atoms with Crippen molar-refractivity contribution in [3.05, 3.63) is 40.9 Å². The van der Waals surface area contributed by atoms with Crippen molar-refractivity contribution in [3.8, 4) is 10.6 Å². The molecule has 2 aromatic rings. The highest BCUT2D eigenvalue weighted by atomic mass is 32.1. The summed E-state index contributed by atoms with van der Waals surface area (Å²) >= 11 is 1.21. The number of nitrogens with zero attached hydrogens (tertiary/aromatic N) is 1. The molecule has 0 fully saturated rings. The van der Waals surface area contributed by atoms with Crippen molar-refractivity contribution in [2.24, 2.45) is 0 Å². The van der Waals surface area contributed by atoms with Gasteiger partial charge in [0.15, 0.2) is 0 Å². The van der Waals surface area contributed by atoms with Gasteiger partial charge in [0.25, 0.3) is 0 Å². The first-order valence-electron chi connectivity index (χ1n) is 5.18. The Labute approximate surface area is 106 Å². The Balaban J connectivity index is 2.21. The zero-order valence-corrected chi connectivity index (χ0v) is 10.0. The first kappa shape index (κ1) is 12.6. The molecule has 0 saturated heterocycles. The molecule has 2 rings (SSSR count). The number of aliphatic carboxylic acids is 1. The van der Waals surface area contributed by atoms with E-state index in [1.54, 1.807) is 5.38 Å². The maximum atomic E-state index is 13.5. The van der Waals surface area contributed by atoms with Crippen molar-refractivity contribution in [1.29, 1.82) is 0 Å². The van der Waals surface area contributed by atoms with Crippen LogP contribution in [0.1, 0.15) is 12.1 Å². The summed E-state index contributed by atoms with van der Waals surface area (Å²) in [7, 11) is 0. The molecule has 1 N–H and O–H groups in total. The highest BCUT2D eigenvalue weighted by molar-refractivity contribution is 7.13. The van der Waals surface area contributed by atoms with Gasteiger partial charge in [-0.1, -0.05) is 0 Å². The lowest BCUT2D eigenvalue weighted by atomic mass is 10.2. The molecule has 0 radical (unpaired) electrons. The van der Waals surface area contributed by atoms with E-state index in [0.29, 0.717) is 17.1 Å². The lowest BCUT2D eigenvalue weighted by Crippen LogP contribution is -1.97. The molecule has 0 bridgehead atoms. The van der Waals surface area contributed by atoms with Crippen molar-refractivity contribution in [2.75, 3.05) is 0 Å². The number of benzene rings is 1. The third kappa shape index (κ3) is 2.89. The van der Waals surface area contributed by atoms with Crippen LogP contribution in [0.5, 0.6) is 0 Å². The third-order valence-electron chi connectivity index (χ3n) is 2.31. The van der Waals surface area contributed by atoms with Crippen LogP contribution in [0.2, 0.25) is 0 Å². The smallest absolute Gasteiger partial charge is 0.303 e. The summed E-state index contributed by atoms with van der Waals surface area (Å²) in [6.45, 7) is 0. The maximum Gasteiger partial charge on any atom is 0.303 e. The van der Waals surface area contributed by atoms with E-state index in [-0.39, 0.29) is 12.0 Å². The Morgan fingerprint density at radius 1 is 1.39 bits per heavy atom. The Bertz CT molecular complexity index is 583. The maximum absolute atomic E-state index is 13.5. The highest BCUT2D eigenvalue weighted by Gasteiger charge is 2.11. The van der Waals surface area contributed by atoms with E-state index >= 15 is 0 Å². The summed E-state index contributed by atoms with van der Waals surface area (Å²) in [5.41, 5.74) is 0.823. The zero-order chi connectivity index (χ0) is 13.1. The molecule has 1 heterocycles. The van der Waals surface area contributed by atoms with Crippen LogP contribution in [0.15, 0.2) is 23.6 Å². The number of rotatable bonds is 4.